The molecule has 0 spiro atoms. The second-order valence-corrected chi connectivity index (χ2v) is 4.53. The summed E-state index contributed by atoms with van der Waals surface area (Å²) in [5, 5.41) is 9.58. The van der Waals surface area contributed by atoms with Gasteiger partial charge in [0.1, 0.15) is 10.7 Å². The van der Waals surface area contributed by atoms with Gasteiger partial charge in [0.15, 0.2) is 0 Å². The second kappa shape index (κ2) is 3.05. The van der Waals surface area contributed by atoms with E-state index in [-0.39, 0.29) is 10.7 Å². The Hall–Kier alpha value is -1.88. The van der Waals surface area contributed by atoms with Gasteiger partial charge < -0.3 is 10.1 Å². The Morgan fingerprint density at radius 3 is 2.88 bits per heavy atom. The molecule has 0 fully saturated rings. The number of aromatic nitrogens is 1. The lowest BCUT2D eigenvalue weighted by atomic mass is 10.2. The van der Waals surface area contributed by atoms with Crippen LogP contribution in [0.1, 0.15) is 9.67 Å². The molecule has 0 saturated heterocycles. The number of nitrogens with one attached hydrogen (secondary N) is 1. The van der Waals surface area contributed by atoms with Gasteiger partial charge in [0.2, 0.25) is 0 Å². The highest BCUT2D eigenvalue weighted by atomic mass is 32.1. The maximum absolute atomic E-state index is 13.1. The first-order valence-corrected chi connectivity index (χ1v) is 5.41. The van der Waals surface area contributed by atoms with Crippen molar-refractivity contribution in [3.63, 3.8) is 0 Å². The molecule has 16 heavy (non-hydrogen) atoms. The zero-order valence-electron chi connectivity index (χ0n) is 7.95. The summed E-state index contributed by atoms with van der Waals surface area (Å²) in [6.07, 6.45) is 0. The van der Waals surface area contributed by atoms with E-state index in [4.69, 9.17) is 5.11 Å². The van der Waals surface area contributed by atoms with Crippen molar-refractivity contribution in [1.29, 1.82) is 0 Å². The molecule has 0 unspecified atom stereocenters. The molecule has 3 aromatic rings. The fourth-order valence-electron chi connectivity index (χ4n) is 1.75. The molecule has 0 aliphatic heterocycles. The van der Waals surface area contributed by atoms with E-state index >= 15 is 0 Å². The third-order valence-corrected chi connectivity index (χ3v) is 3.59. The van der Waals surface area contributed by atoms with Gasteiger partial charge in [-0.15, -0.1) is 11.3 Å². The number of hydrogen-bond donors (Lipinski definition) is 2. The van der Waals surface area contributed by atoms with Crippen LogP contribution >= 0.6 is 11.3 Å². The molecule has 1 aromatic carbocycles. The molecule has 2 N–H and O–H groups in total. The van der Waals surface area contributed by atoms with E-state index < -0.39 is 5.97 Å². The second-order valence-electron chi connectivity index (χ2n) is 3.47. The predicted octanol–water partition coefficient (Wildman–Crippen LogP) is 3.22. The largest absolute Gasteiger partial charge is 0.477 e. The van der Waals surface area contributed by atoms with E-state index in [1.165, 1.54) is 12.1 Å². The van der Waals surface area contributed by atoms with Crippen LogP contribution in [0.4, 0.5) is 4.39 Å². The quantitative estimate of drug-likeness (QED) is 0.680. The number of hydrogen-bond acceptors (Lipinski definition) is 2. The van der Waals surface area contributed by atoms with Crippen LogP contribution < -0.4 is 0 Å². The highest BCUT2D eigenvalue weighted by Crippen LogP contribution is 2.33. The molecule has 0 bridgehead atoms. The lowest BCUT2D eigenvalue weighted by Crippen LogP contribution is -1.89. The Balaban J connectivity index is 2.40. The number of rotatable bonds is 1. The number of halogens is 1. The summed E-state index contributed by atoms with van der Waals surface area (Å²) in [6.45, 7) is 0. The highest BCUT2D eigenvalue weighted by molar-refractivity contribution is 7.21. The smallest absolute Gasteiger partial charge is 0.345 e. The predicted molar refractivity (Wildman–Crippen MR) is 60.6 cm³/mol. The SMILES string of the molecule is O=C(O)c1cc2[nH]c3ccc(F)cc3c2s1. The summed E-state index contributed by atoms with van der Waals surface area (Å²) < 4.78 is 13.9. The molecule has 80 valence electrons. The monoisotopic (exact) mass is 235 g/mol. The van der Waals surface area contributed by atoms with E-state index in [2.05, 4.69) is 4.98 Å². The van der Waals surface area contributed by atoms with E-state index in [1.54, 1.807) is 12.1 Å². The highest BCUT2D eigenvalue weighted by Gasteiger charge is 2.13. The topological polar surface area (TPSA) is 53.1 Å². The number of aromatic carboxylic acids is 1. The summed E-state index contributed by atoms with van der Waals surface area (Å²) in [5.74, 6) is -1.28. The molecule has 0 aliphatic rings. The van der Waals surface area contributed by atoms with Crippen molar-refractivity contribution in [2.75, 3.05) is 0 Å². The molecular formula is C11H6FNO2S. The standard InChI is InChI=1S/C11H6FNO2S/c12-5-1-2-7-6(3-5)10-8(13-7)4-9(16-10)11(14)15/h1-4,13H,(H,14,15). The van der Waals surface area contributed by atoms with Crippen LogP contribution in [0, 0.1) is 5.82 Å². The molecule has 0 radical (unpaired) electrons. The summed E-state index contributed by atoms with van der Waals surface area (Å²) in [6, 6.07) is 6.01. The molecule has 0 aliphatic carbocycles. The molecule has 3 rings (SSSR count). The minimum Gasteiger partial charge on any atom is -0.477 e. The first-order chi connectivity index (χ1) is 7.65. The van der Waals surface area contributed by atoms with E-state index in [9.17, 15) is 9.18 Å². The summed E-state index contributed by atoms with van der Waals surface area (Å²) in [5.41, 5.74) is 1.56. The fourth-order valence-corrected chi connectivity index (χ4v) is 2.73. The number of H-pyrrole nitrogens is 1. The average molecular weight is 235 g/mol. The number of thiophene rings is 1. The number of carboxylic acid groups (broad SMARTS) is 1. The van der Waals surface area contributed by atoms with Gasteiger partial charge in [0.05, 0.1) is 10.2 Å². The molecule has 2 aromatic heterocycles. The maximum atomic E-state index is 13.1. The number of aromatic amines is 1. The lowest BCUT2D eigenvalue weighted by molar-refractivity contribution is 0.0702. The average Bonchev–Trinajstić information content (AvgIpc) is 2.75. The van der Waals surface area contributed by atoms with Gasteiger partial charge in [-0.2, -0.15) is 0 Å². The number of carboxylic acids is 1. The van der Waals surface area contributed by atoms with Crippen LogP contribution in [0.3, 0.4) is 0 Å². The van der Waals surface area contributed by atoms with Crippen molar-refractivity contribution in [3.8, 4) is 0 Å². The van der Waals surface area contributed by atoms with Crippen LogP contribution in [0.2, 0.25) is 0 Å². The van der Waals surface area contributed by atoms with Gasteiger partial charge in [0, 0.05) is 10.9 Å². The molecule has 5 heteroatoms. The van der Waals surface area contributed by atoms with Gasteiger partial charge in [-0.25, -0.2) is 9.18 Å². The fraction of sp³-hybridized carbons (Fsp3) is 0. The third-order valence-electron chi connectivity index (χ3n) is 2.44. The van der Waals surface area contributed by atoms with Gasteiger partial charge >= 0.3 is 5.97 Å². The molecule has 3 nitrogen and oxygen atoms in total. The Kier molecular flexibility index (Phi) is 1.79. The minimum atomic E-state index is -0.959. The Bertz CT molecular complexity index is 713. The van der Waals surface area contributed by atoms with E-state index in [1.807, 2.05) is 0 Å². The van der Waals surface area contributed by atoms with Crippen LogP contribution in [0.5, 0.6) is 0 Å². The zero-order chi connectivity index (χ0) is 11.3. The molecular weight excluding hydrogens is 229 g/mol. The van der Waals surface area contributed by atoms with Gasteiger partial charge in [-0.3, -0.25) is 0 Å². The van der Waals surface area contributed by atoms with Gasteiger partial charge in [0.25, 0.3) is 0 Å². The Labute approximate surface area is 93.1 Å². The number of benzene rings is 1. The maximum Gasteiger partial charge on any atom is 0.345 e. The third kappa shape index (κ3) is 1.22. The van der Waals surface area contributed by atoms with Crippen molar-refractivity contribution in [2.45, 2.75) is 0 Å². The first kappa shape index (κ1) is 9.35. The first-order valence-electron chi connectivity index (χ1n) is 4.59. The molecule has 0 atom stereocenters. The van der Waals surface area contributed by atoms with Crippen molar-refractivity contribution in [3.05, 3.63) is 35.0 Å². The van der Waals surface area contributed by atoms with Gasteiger partial charge in [-0.1, -0.05) is 0 Å². The zero-order valence-corrected chi connectivity index (χ0v) is 8.77. The van der Waals surface area contributed by atoms with Crippen LogP contribution in [0.25, 0.3) is 21.1 Å². The van der Waals surface area contributed by atoms with Crippen LogP contribution in [0.15, 0.2) is 24.3 Å². The summed E-state index contributed by atoms with van der Waals surface area (Å²) in [7, 11) is 0. The number of fused-ring (bicyclic) bond motifs is 3. The van der Waals surface area contributed by atoms with Crippen LogP contribution in [-0.2, 0) is 0 Å². The number of carbonyl (C=O) groups is 1. The normalized spacial score (nSPS) is 11.3. The lowest BCUT2D eigenvalue weighted by Gasteiger charge is -1.90. The summed E-state index contributed by atoms with van der Waals surface area (Å²) in [4.78, 5) is 14.1. The summed E-state index contributed by atoms with van der Waals surface area (Å²) >= 11 is 1.15. The van der Waals surface area contributed by atoms with Gasteiger partial charge in [-0.05, 0) is 24.3 Å². The molecule has 0 amide bonds. The van der Waals surface area contributed by atoms with E-state index in [0.717, 1.165) is 32.5 Å². The minimum absolute atomic E-state index is 0.257. The van der Waals surface area contributed by atoms with Crippen molar-refractivity contribution in [2.24, 2.45) is 0 Å². The van der Waals surface area contributed by atoms with Crippen molar-refractivity contribution >= 4 is 38.4 Å². The Morgan fingerprint density at radius 2 is 2.12 bits per heavy atom. The van der Waals surface area contributed by atoms with E-state index in [0.29, 0.717) is 0 Å². The molecule has 2 heterocycles. The Morgan fingerprint density at radius 1 is 1.31 bits per heavy atom. The van der Waals surface area contributed by atoms with Crippen molar-refractivity contribution < 1.29 is 14.3 Å². The van der Waals surface area contributed by atoms with Crippen LogP contribution in [-0.4, -0.2) is 16.1 Å². The van der Waals surface area contributed by atoms with Crippen molar-refractivity contribution in [1.82, 2.24) is 4.98 Å². The molecule has 0 saturated carbocycles.